The molecule has 1 N–H and O–H groups in total. The standard InChI is InChI=1S/C28H42N2O4Si/c1-28(2,3)35(4,5)34-21-15-24-10-12-26(13-11-24)33-20-14-23-6-8-25(9-7-23)22-29-16-18-30(19-17-29)27(31)32/h6-13H,14-22H2,1-5H3,(H,31,32). The van der Waals surface area contributed by atoms with E-state index in [2.05, 4.69) is 87.3 Å². The second-order valence-corrected chi connectivity index (χ2v) is 15.8. The van der Waals surface area contributed by atoms with Crippen LogP contribution in [0, 0.1) is 0 Å². The Morgan fingerprint density at radius 2 is 1.37 bits per heavy atom. The van der Waals surface area contributed by atoms with Gasteiger partial charge in [-0.05, 0) is 53.4 Å². The fourth-order valence-corrected chi connectivity index (χ4v) is 4.89. The lowest BCUT2D eigenvalue weighted by atomic mass is 10.1. The highest BCUT2D eigenvalue weighted by molar-refractivity contribution is 6.74. The molecule has 0 saturated carbocycles. The summed E-state index contributed by atoms with van der Waals surface area (Å²) in [4.78, 5) is 14.8. The van der Waals surface area contributed by atoms with Crippen molar-refractivity contribution in [2.75, 3.05) is 39.4 Å². The predicted octanol–water partition coefficient (Wildman–Crippen LogP) is 5.67. The molecular formula is C28H42N2O4Si. The van der Waals surface area contributed by atoms with Crippen LogP contribution in [0.1, 0.15) is 37.5 Å². The molecule has 1 heterocycles. The minimum Gasteiger partial charge on any atom is -0.493 e. The molecule has 2 aromatic rings. The van der Waals surface area contributed by atoms with E-state index < -0.39 is 14.4 Å². The van der Waals surface area contributed by atoms with Crippen LogP contribution in [0.2, 0.25) is 18.1 Å². The zero-order valence-electron chi connectivity index (χ0n) is 22.0. The lowest BCUT2D eigenvalue weighted by Crippen LogP contribution is -2.47. The molecule has 1 aliphatic rings. The lowest BCUT2D eigenvalue weighted by molar-refractivity contribution is 0.103. The first-order valence-electron chi connectivity index (χ1n) is 12.7. The van der Waals surface area contributed by atoms with E-state index in [1.807, 2.05) is 0 Å². The second-order valence-electron chi connectivity index (χ2n) is 11.0. The summed E-state index contributed by atoms with van der Waals surface area (Å²) in [7, 11) is -1.69. The molecule has 0 aliphatic carbocycles. The largest absolute Gasteiger partial charge is 0.493 e. The maximum absolute atomic E-state index is 11.0. The molecule has 1 amide bonds. The van der Waals surface area contributed by atoms with Gasteiger partial charge >= 0.3 is 6.09 Å². The third kappa shape index (κ3) is 8.37. The first-order valence-corrected chi connectivity index (χ1v) is 15.6. The van der Waals surface area contributed by atoms with Crippen LogP contribution in [-0.4, -0.2) is 68.7 Å². The van der Waals surface area contributed by atoms with Crippen LogP contribution in [0.3, 0.4) is 0 Å². The number of amides is 1. The SMILES string of the molecule is CC(C)(C)[Si](C)(C)OCCc1ccc(OCCc2ccc(CN3CCN(C(=O)O)CC3)cc2)cc1. The van der Waals surface area contributed by atoms with Crippen molar-refractivity contribution >= 4 is 14.4 Å². The Morgan fingerprint density at radius 3 is 1.91 bits per heavy atom. The number of rotatable bonds is 10. The molecule has 1 saturated heterocycles. The summed E-state index contributed by atoms with van der Waals surface area (Å²) in [6.07, 6.45) is 0.965. The van der Waals surface area contributed by atoms with Gasteiger partial charge in [0.1, 0.15) is 5.75 Å². The minimum atomic E-state index is -1.69. The molecule has 6 nitrogen and oxygen atoms in total. The Hall–Kier alpha value is -2.35. The van der Waals surface area contributed by atoms with Crippen LogP contribution in [-0.2, 0) is 23.8 Å². The number of nitrogens with zero attached hydrogens (tertiary/aromatic N) is 2. The van der Waals surface area contributed by atoms with Crippen LogP contribution in [0.4, 0.5) is 4.79 Å². The molecule has 1 aliphatic heterocycles. The fraction of sp³-hybridized carbons (Fsp3) is 0.536. The van der Waals surface area contributed by atoms with Crippen LogP contribution in [0.15, 0.2) is 48.5 Å². The van der Waals surface area contributed by atoms with Crippen molar-refractivity contribution < 1.29 is 19.1 Å². The molecule has 0 aromatic heterocycles. The Morgan fingerprint density at radius 1 is 0.857 bits per heavy atom. The number of ether oxygens (including phenoxy) is 1. The Bertz CT molecular complexity index is 931. The van der Waals surface area contributed by atoms with Crippen molar-refractivity contribution in [3.63, 3.8) is 0 Å². The highest BCUT2D eigenvalue weighted by Gasteiger charge is 2.36. The van der Waals surface area contributed by atoms with Crippen molar-refractivity contribution in [2.24, 2.45) is 0 Å². The summed E-state index contributed by atoms with van der Waals surface area (Å²) >= 11 is 0. The van der Waals surface area contributed by atoms with Crippen LogP contribution in [0.25, 0.3) is 0 Å². The highest BCUT2D eigenvalue weighted by atomic mass is 28.4. The summed E-state index contributed by atoms with van der Waals surface area (Å²) in [6.45, 7) is 16.4. The van der Waals surface area contributed by atoms with Gasteiger partial charge in [0.2, 0.25) is 0 Å². The van der Waals surface area contributed by atoms with Crippen molar-refractivity contribution in [1.29, 1.82) is 0 Å². The molecule has 0 atom stereocenters. The zero-order valence-corrected chi connectivity index (χ0v) is 23.0. The molecule has 0 spiro atoms. The molecule has 192 valence electrons. The third-order valence-electron chi connectivity index (χ3n) is 7.31. The molecule has 3 rings (SSSR count). The Labute approximate surface area is 212 Å². The molecule has 0 radical (unpaired) electrons. The number of carboxylic acid groups (broad SMARTS) is 1. The quantitative estimate of drug-likeness (QED) is 0.428. The van der Waals surface area contributed by atoms with Crippen molar-refractivity contribution in [2.45, 2.75) is 58.3 Å². The molecular weight excluding hydrogens is 456 g/mol. The summed E-state index contributed by atoms with van der Waals surface area (Å²) in [6, 6.07) is 17.0. The van der Waals surface area contributed by atoms with E-state index in [9.17, 15) is 4.79 Å². The normalized spacial score (nSPS) is 15.3. The van der Waals surface area contributed by atoms with Crippen molar-refractivity contribution in [3.05, 3.63) is 65.2 Å². The summed E-state index contributed by atoms with van der Waals surface area (Å²) in [5.74, 6) is 0.899. The van der Waals surface area contributed by atoms with E-state index in [-0.39, 0.29) is 5.04 Å². The molecule has 0 bridgehead atoms. The van der Waals surface area contributed by atoms with Gasteiger partial charge in [-0.15, -0.1) is 0 Å². The van der Waals surface area contributed by atoms with E-state index in [0.717, 1.165) is 44.8 Å². The first kappa shape index (κ1) is 27.2. The number of carbonyl (C=O) groups is 1. The monoisotopic (exact) mass is 498 g/mol. The molecule has 2 aromatic carbocycles. The molecule has 7 heteroatoms. The van der Waals surface area contributed by atoms with Gasteiger partial charge in [-0.25, -0.2) is 4.79 Å². The van der Waals surface area contributed by atoms with Gasteiger partial charge in [-0.2, -0.15) is 0 Å². The fourth-order valence-electron chi connectivity index (χ4n) is 3.85. The Kier molecular flexibility index (Phi) is 9.38. The van der Waals surface area contributed by atoms with E-state index >= 15 is 0 Å². The lowest BCUT2D eigenvalue weighted by Gasteiger charge is -2.36. The zero-order chi connectivity index (χ0) is 25.5. The van der Waals surface area contributed by atoms with Crippen LogP contribution >= 0.6 is 0 Å². The number of benzene rings is 2. The molecule has 1 fully saturated rings. The van der Waals surface area contributed by atoms with Gasteiger partial charge < -0.3 is 19.2 Å². The Balaban J connectivity index is 1.36. The maximum Gasteiger partial charge on any atom is 0.407 e. The minimum absolute atomic E-state index is 0.240. The summed E-state index contributed by atoms with van der Waals surface area (Å²) in [5, 5.41) is 9.31. The van der Waals surface area contributed by atoms with Gasteiger partial charge in [-0.1, -0.05) is 57.2 Å². The van der Waals surface area contributed by atoms with Crippen LogP contribution in [0.5, 0.6) is 5.75 Å². The van der Waals surface area contributed by atoms with Gasteiger partial charge in [0.25, 0.3) is 0 Å². The summed E-state index contributed by atoms with van der Waals surface area (Å²) < 4.78 is 12.3. The molecule has 0 unspecified atom stereocenters. The average Bonchev–Trinajstić information content (AvgIpc) is 2.81. The summed E-state index contributed by atoms with van der Waals surface area (Å²) in [5.41, 5.74) is 3.78. The highest BCUT2D eigenvalue weighted by Crippen LogP contribution is 2.36. The average molecular weight is 499 g/mol. The van der Waals surface area contributed by atoms with E-state index in [1.54, 1.807) is 0 Å². The first-order chi connectivity index (χ1) is 16.5. The van der Waals surface area contributed by atoms with E-state index in [1.165, 1.54) is 21.6 Å². The predicted molar refractivity (Wildman–Crippen MR) is 144 cm³/mol. The number of hydrogen-bond donors (Lipinski definition) is 1. The van der Waals surface area contributed by atoms with Gasteiger partial charge in [0.05, 0.1) is 6.61 Å². The van der Waals surface area contributed by atoms with Crippen LogP contribution < -0.4 is 4.74 Å². The number of piperazine rings is 1. The van der Waals surface area contributed by atoms with Crippen molar-refractivity contribution in [1.82, 2.24) is 9.80 Å². The topological polar surface area (TPSA) is 62.2 Å². The number of hydrogen-bond acceptors (Lipinski definition) is 4. The van der Waals surface area contributed by atoms with Crippen molar-refractivity contribution in [3.8, 4) is 5.75 Å². The van der Waals surface area contributed by atoms with Gasteiger partial charge in [0, 0.05) is 45.8 Å². The third-order valence-corrected chi connectivity index (χ3v) is 11.9. The molecule has 35 heavy (non-hydrogen) atoms. The smallest absolute Gasteiger partial charge is 0.407 e. The van der Waals surface area contributed by atoms with E-state index in [0.29, 0.717) is 19.7 Å². The van der Waals surface area contributed by atoms with Gasteiger partial charge in [0.15, 0.2) is 8.32 Å². The van der Waals surface area contributed by atoms with Gasteiger partial charge in [-0.3, -0.25) is 4.90 Å². The maximum atomic E-state index is 11.0. The van der Waals surface area contributed by atoms with E-state index in [4.69, 9.17) is 14.3 Å². The second kappa shape index (κ2) is 12.1.